The van der Waals surface area contributed by atoms with Gasteiger partial charge in [0, 0.05) is 22.6 Å². The minimum atomic E-state index is 0.111. The average Bonchev–Trinajstić information content (AvgIpc) is 3.04. The van der Waals surface area contributed by atoms with Crippen molar-refractivity contribution in [2.24, 2.45) is 0 Å². The summed E-state index contributed by atoms with van der Waals surface area (Å²) in [5.74, 6) is 2.37. The zero-order valence-corrected chi connectivity index (χ0v) is 15.1. The van der Waals surface area contributed by atoms with Crippen molar-refractivity contribution in [2.75, 3.05) is 19.0 Å². The highest BCUT2D eigenvalue weighted by Crippen LogP contribution is 2.23. The lowest BCUT2D eigenvalue weighted by atomic mass is 10.0. The van der Waals surface area contributed by atoms with Crippen molar-refractivity contribution >= 4 is 23.1 Å². The molecule has 0 aliphatic carbocycles. The normalized spacial score (nSPS) is 12.5. The van der Waals surface area contributed by atoms with E-state index in [0.29, 0.717) is 19.1 Å². The standard InChI is InChI=1S/C18H24O2S2/c1-4-19-17(12-22-18-9-10-21-13-18)11-20-16-7-5-15(6-8-16)14(2)3/h5-10,13-14,17H,4,11-12H2,1-3H3. The van der Waals surface area contributed by atoms with Crippen LogP contribution < -0.4 is 4.74 Å². The van der Waals surface area contributed by atoms with Crippen molar-refractivity contribution in [3.05, 3.63) is 46.7 Å². The highest BCUT2D eigenvalue weighted by molar-refractivity contribution is 7.99. The fraction of sp³-hybridized carbons (Fsp3) is 0.444. The SMILES string of the molecule is CCOC(COc1ccc(C(C)C)cc1)CSc1ccsc1. The van der Waals surface area contributed by atoms with Crippen LogP contribution in [0.1, 0.15) is 32.3 Å². The van der Waals surface area contributed by atoms with Gasteiger partial charge in [-0.25, -0.2) is 0 Å². The third-order valence-electron chi connectivity index (χ3n) is 3.32. The molecule has 2 rings (SSSR count). The van der Waals surface area contributed by atoms with Gasteiger partial charge in [0.15, 0.2) is 0 Å². The Morgan fingerprint density at radius 2 is 1.91 bits per heavy atom. The quantitative estimate of drug-likeness (QED) is 0.567. The van der Waals surface area contributed by atoms with E-state index in [0.717, 1.165) is 11.5 Å². The van der Waals surface area contributed by atoms with Gasteiger partial charge in [-0.05, 0) is 42.0 Å². The molecule has 0 spiro atoms. The maximum Gasteiger partial charge on any atom is 0.119 e. The van der Waals surface area contributed by atoms with Gasteiger partial charge in [0.05, 0.1) is 0 Å². The lowest BCUT2D eigenvalue weighted by Crippen LogP contribution is -2.24. The molecule has 0 fully saturated rings. The largest absolute Gasteiger partial charge is 0.491 e. The summed E-state index contributed by atoms with van der Waals surface area (Å²) in [6, 6.07) is 10.5. The molecule has 1 unspecified atom stereocenters. The van der Waals surface area contributed by atoms with E-state index >= 15 is 0 Å². The summed E-state index contributed by atoms with van der Waals surface area (Å²) in [7, 11) is 0. The fourth-order valence-corrected chi connectivity index (χ4v) is 3.82. The monoisotopic (exact) mass is 336 g/mol. The second-order valence-electron chi connectivity index (χ2n) is 5.38. The van der Waals surface area contributed by atoms with Crippen LogP contribution in [-0.2, 0) is 4.74 Å². The van der Waals surface area contributed by atoms with E-state index in [9.17, 15) is 0 Å². The Kier molecular flexibility index (Phi) is 7.30. The molecule has 0 bridgehead atoms. The van der Waals surface area contributed by atoms with Gasteiger partial charge in [-0.15, -0.1) is 11.8 Å². The molecule has 22 heavy (non-hydrogen) atoms. The summed E-state index contributed by atoms with van der Waals surface area (Å²) >= 11 is 3.55. The summed E-state index contributed by atoms with van der Waals surface area (Å²) < 4.78 is 11.7. The molecule has 0 amide bonds. The van der Waals surface area contributed by atoms with Crippen molar-refractivity contribution in [3.63, 3.8) is 0 Å². The van der Waals surface area contributed by atoms with E-state index in [4.69, 9.17) is 9.47 Å². The lowest BCUT2D eigenvalue weighted by Gasteiger charge is -2.17. The Bertz CT molecular complexity index is 521. The number of rotatable bonds is 9. The van der Waals surface area contributed by atoms with E-state index in [1.807, 2.05) is 30.8 Å². The number of hydrogen-bond acceptors (Lipinski definition) is 4. The minimum Gasteiger partial charge on any atom is -0.491 e. The van der Waals surface area contributed by atoms with Crippen molar-refractivity contribution in [3.8, 4) is 5.75 Å². The molecule has 0 saturated heterocycles. The Balaban J connectivity index is 1.82. The molecule has 0 saturated carbocycles. The van der Waals surface area contributed by atoms with Crippen molar-refractivity contribution in [2.45, 2.75) is 37.7 Å². The second-order valence-corrected chi connectivity index (χ2v) is 7.26. The fourth-order valence-electron chi connectivity index (χ4n) is 2.04. The van der Waals surface area contributed by atoms with E-state index in [1.165, 1.54) is 10.5 Å². The highest BCUT2D eigenvalue weighted by Gasteiger charge is 2.11. The average molecular weight is 337 g/mol. The van der Waals surface area contributed by atoms with Crippen molar-refractivity contribution in [1.29, 1.82) is 0 Å². The number of ether oxygens (including phenoxy) is 2. The first-order valence-electron chi connectivity index (χ1n) is 7.68. The molecule has 2 aromatic rings. The molecular weight excluding hydrogens is 312 g/mol. The van der Waals surface area contributed by atoms with E-state index < -0.39 is 0 Å². The Hall–Kier alpha value is -0.970. The molecule has 1 atom stereocenters. The van der Waals surface area contributed by atoms with Crippen LogP contribution in [0.3, 0.4) is 0 Å². The van der Waals surface area contributed by atoms with Crippen LogP contribution in [0.4, 0.5) is 0 Å². The zero-order valence-electron chi connectivity index (χ0n) is 13.5. The van der Waals surface area contributed by atoms with Gasteiger partial charge in [-0.1, -0.05) is 26.0 Å². The molecule has 120 valence electrons. The lowest BCUT2D eigenvalue weighted by molar-refractivity contribution is 0.0433. The Labute approximate surface area is 141 Å². The first-order valence-corrected chi connectivity index (χ1v) is 9.61. The molecule has 2 nitrogen and oxygen atoms in total. The predicted octanol–water partition coefficient (Wildman–Crippen LogP) is 5.45. The summed E-state index contributed by atoms with van der Waals surface area (Å²) in [6.45, 7) is 7.72. The van der Waals surface area contributed by atoms with Crippen LogP contribution in [0.25, 0.3) is 0 Å². The number of thioether (sulfide) groups is 1. The summed E-state index contributed by atoms with van der Waals surface area (Å²) in [5.41, 5.74) is 1.33. The van der Waals surface area contributed by atoms with E-state index in [1.54, 1.807) is 11.3 Å². The molecule has 1 heterocycles. The molecule has 4 heteroatoms. The van der Waals surface area contributed by atoms with Gasteiger partial charge >= 0.3 is 0 Å². The number of hydrogen-bond donors (Lipinski definition) is 0. The Morgan fingerprint density at radius 3 is 2.50 bits per heavy atom. The summed E-state index contributed by atoms with van der Waals surface area (Å²) in [6.07, 6.45) is 0.111. The van der Waals surface area contributed by atoms with Gasteiger partial charge < -0.3 is 9.47 Å². The van der Waals surface area contributed by atoms with Crippen LogP contribution in [0.2, 0.25) is 0 Å². The van der Waals surface area contributed by atoms with E-state index in [2.05, 4.69) is 42.8 Å². The molecule has 1 aromatic heterocycles. The van der Waals surface area contributed by atoms with Gasteiger partial charge in [0.1, 0.15) is 18.5 Å². The number of benzene rings is 1. The molecule has 1 aromatic carbocycles. The minimum absolute atomic E-state index is 0.111. The maximum atomic E-state index is 5.89. The van der Waals surface area contributed by atoms with Gasteiger partial charge in [-0.3, -0.25) is 0 Å². The van der Waals surface area contributed by atoms with Crippen molar-refractivity contribution in [1.82, 2.24) is 0 Å². The zero-order chi connectivity index (χ0) is 15.8. The molecule has 0 aliphatic rings. The topological polar surface area (TPSA) is 18.5 Å². The second kappa shape index (κ2) is 9.23. The van der Waals surface area contributed by atoms with Gasteiger partial charge in [0.2, 0.25) is 0 Å². The van der Waals surface area contributed by atoms with Gasteiger partial charge in [0.25, 0.3) is 0 Å². The summed E-state index contributed by atoms with van der Waals surface area (Å²) in [5, 5.41) is 4.27. The third kappa shape index (κ3) is 5.67. The van der Waals surface area contributed by atoms with E-state index in [-0.39, 0.29) is 6.10 Å². The molecule has 0 aliphatic heterocycles. The predicted molar refractivity (Wildman–Crippen MR) is 96.5 cm³/mol. The van der Waals surface area contributed by atoms with Crippen LogP contribution in [0.15, 0.2) is 46.0 Å². The smallest absolute Gasteiger partial charge is 0.119 e. The van der Waals surface area contributed by atoms with Crippen LogP contribution >= 0.6 is 23.1 Å². The maximum absolute atomic E-state index is 5.89. The van der Waals surface area contributed by atoms with Gasteiger partial charge in [-0.2, -0.15) is 11.3 Å². The molecule has 0 radical (unpaired) electrons. The van der Waals surface area contributed by atoms with Crippen LogP contribution in [0, 0.1) is 0 Å². The molecular formula is C18H24O2S2. The third-order valence-corrected chi connectivity index (χ3v) is 5.27. The number of thiophene rings is 1. The highest BCUT2D eigenvalue weighted by atomic mass is 32.2. The molecule has 0 N–H and O–H groups in total. The Morgan fingerprint density at radius 1 is 1.14 bits per heavy atom. The summed E-state index contributed by atoms with van der Waals surface area (Å²) in [4.78, 5) is 1.30. The van der Waals surface area contributed by atoms with Crippen molar-refractivity contribution < 1.29 is 9.47 Å². The first kappa shape index (κ1) is 17.4. The van der Waals surface area contributed by atoms with Crippen LogP contribution in [-0.4, -0.2) is 25.1 Å². The first-order chi connectivity index (χ1) is 10.7. The van der Waals surface area contributed by atoms with Crippen LogP contribution in [0.5, 0.6) is 5.75 Å².